The van der Waals surface area contributed by atoms with E-state index >= 15 is 0 Å². The fourth-order valence-corrected chi connectivity index (χ4v) is 4.16. The van der Waals surface area contributed by atoms with Crippen molar-refractivity contribution in [3.8, 4) is 0 Å². The third kappa shape index (κ3) is 2.21. The predicted octanol–water partition coefficient (Wildman–Crippen LogP) is 3.03. The predicted molar refractivity (Wildman–Crippen MR) is 69.5 cm³/mol. The molecule has 1 heterocycles. The van der Waals surface area contributed by atoms with Crippen LogP contribution in [0.25, 0.3) is 0 Å². The summed E-state index contributed by atoms with van der Waals surface area (Å²) in [5.41, 5.74) is 0.632. The Kier molecular flexibility index (Phi) is 3.47. The Morgan fingerprint density at radius 2 is 2.06 bits per heavy atom. The maximum atomic E-state index is 11.9. The van der Waals surface area contributed by atoms with E-state index in [4.69, 9.17) is 11.6 Å². The Labute approximate surface area is 109 Å². The second kappa shape index (κ2) is 4.55. The molecule has 1 aromatic rings. The Balaban J connectivity index is 2.47. The average molecular weight is 325 g/mol. The minimum atomic E-state index is -3.17. The van der Waals surface area contributed by atoms with E-state index in [9.17, 15) is 8.42 Å². The molecule has 1 saturated heterocycles. The molecule has 2 rings (SSSR count). The lowest BCUT2D eigenvalue weighted by Gasteiger charge is -2.29. The summed E-state index contributed by atoms with van der Waals surface area (Å²) < 4.78 is 25.9. The fourth-order valence-electron chi connectivity index (χ4n) is 1.74. The highest BCUT2D eigenvalue weighted by atomic mass is 79.9. The average Bonchev–Trinajstić information content (AvgIpc) is 2.22. The van der Waals surface area contributed by atoms with Crippen LogP contribution >= 0.6 is 27.5 Å². The molecule has 1 fully saturated rings. The van der Waals surface area contributed by atoms with Crippen molar-refractivity contribution in [3.63, 3.8) is 0 Å². The van der Waals surface area contributed by atoms with Crippen molar-refractivity contribution in [3.05, 3.63) is 27.7 Å². The molecule has 0 amide bonds. The highest BCUT2D eigenvalue weighted by molar-refractivity contribution is 9.10. The third-order valence-electron chi connectivity index (χ3n) is 2.55. The number of halogens is 2. The van der Waals surface area contributed by atoms with Crippen LogP contribution in [-0.4, -0.2) is 20.7 Å². The van der Waals surface area contributed by atoms with Crippen LogP contribution in [0.5, 0.6) is 0 Å². The van der Waals surface area contributed by atoms with Crippen molar-refractivity contribution >= 4 is 43.2 Å². The molecule has 0 bridgehead atoms. The van der Waals surface area contributed by atoms with Crippen molar-refractivity contribution in [1.82, 2.24) is 0 Å². The number of anilines is 1. The molecule has 0 unspecified atom stereocenters. The van der Waals surface area contributed by atoms with Crippen LogP contribution in [0, 0.1) is 0 Å². The van der Waals surface area contributed by atoms with Crippen LogP contribution in [0.4, 0.5) is 5.69 Å². The fraction of sp³-hybridized carbons (Fsp3) is 0.400. The van der Waals surface area contributed by atoms with Gasteiger partial charge in [0.15, 0.2) is 0 Å². The van der Waals surface area contributed by atoms with Crippen LogP contribution in [0.15, 0.2) is 22.7 Å². The van der Waals surface area contributed by atoms with Gasteiger partial charge in [0.05, 0.1) is 20.9 Å². The zero-order valence-corrected chi connectivity index (χ0v) is 11.6. The molecule has 0 radical (unpaired) electrons. The van der Waals surface area contributed by atoms with Crippen molar-refractivity contribution in [1.29, 1.82) is 0 Å². The Morgan fingerprint density at radius 3 is 2.75 bits per heavy atom. The summed E-state index contributed by atoms with van der Waals surface area (Å²) in [4.78, 5) is 0. The Hall–Kier alpha value is -0.260. The molecule has 1 aromatic carbocycles. The number of rotatable bonds is 1. The number of sulfonamides is 1. The summed E-state index contributed by atoms with van der Waals surface area (Å²) in [6.45, 7) is 0.529. The van der Waals surface area contributed by atoms with E-state index in [0.29, 0.717) is 21.7 Å². The van der Waals surface area contributed by atoms with E-state index in [-0.39, 0.29) is 5.75 Å². The minimum absolute atomic E-state index is 0.214. The Morgan fingerprint density at radius 1 is 1.31 bits per heavy atom. The largest absolute Gasteiger partial charge is 0.269 e. The Bertz CT molecular complexity index is 504. The maximum Gasteiger partial charge on any atom is 0.235 e. The van der Waals surface area contributed by atoms with Crippen molar-refractivity contribution in [2.45, 2.75) is 12.8 Å². The van der Waals surface area contributed by atoms with Gasteiger partial charge in [0.2, 0.25) is 10.0 Å². The van der Waals surface area contributed by atoms with Crippen LogP contribution in [0.3, 0.4) is 0 Å². The highest BCUT2D eigenvalue weighted by Gasteiger charge is 2.27. The molecule has 0 atom stereocenters. The molecule has 3 nitrogen and oxygen atoms in total. The standard InChI is InChI=1S/C10H11BrClNO2S/c11-10-8(12)4-3-5-9(10)13-6-1-2-7-16(13,14)15/h3-5H,1-2,6-7H2. The van der Waals surface area contributed by atoms with Gasteiger partial charge in [0.25, 0.3) is 0 Å². The van der Waals surface area contributed by atoms with Gasteiger partial charge < -0.3 is 0 Å². The van der Waals surface area contributed by atoms with E-state index in [0.717, 1.165) is 12.8 Å². The van der Waals surface area contributed by atoms with Crippen LogP contribution in [0.1, 0.15) is 12.8 Å². The highest BCUT2D eigenvalue weighted by Crippen LogP contribution is 2.35. The third-order valence-corrected chi connectivity index (χ3v) is 5.78. The normalized spacial score (nSPS) is 19.8. The van der Waals surface area contributed by atoms with Crippen LogP contribution in [0.2, 0.25) is 5.02 Å². The van der Waals surface area contributed by atoms with E-state index in [1.54, 1.807) is 18.2 Å². The summed E-state index contributed by atoms with van der Waals surface area (Å²) in [6, 6.07) is 5.25. The van der Waals surface area contributed by atoms with Crippen molar-refractivity contribution in [2.75, 3.05) is 16.6 Å². The van der Waals surface area contributed by atoms with E-state index in [1.165, 1.54) is 4.31 Å². The number of benzene rings is 1. The van der Waals surface area contributed by atoms with Crippen LogP contribution < -0.4 is 4.31 Å². The second-order valence-corrected chi connectivity index (χ2v) is 6.88. The molecule has 0 aromatic heterocycles. The molecule has 1 aliphatic rings. The first-order valence-corrected chi connectivity index (χ1v) is 7.75. The van der Waals surface area contributed by atoms with Crippen LogP contribution in [-0.2, 0) is 10.0 Å². The van der Waals surface area contributed by atoms with Gasteiger partial charge in [-0.05, 0) is 40.9 Å². The number of nitrogens with zero attached hydrogens (tertiary/aromatic N) is 1. The molecule has 0 aliphatic carbocycles. The summed E-state index contributed by atoms with van der Waals surface area (Å²) >= 11 is 9.29. The summed E-state index contributed by atoms with van der Waals surface area (Å²) in [7, 11) is -3.17. The first-order valence-electron chi connectivity index (χ1n) is 4.97. The molecule has 0 spiro atoms. The first-order chi connectivity index (χ1) is 7.52. The van der Waals surface area contributed by atoms with E-state index < -0.39 is 10.0 Å². The summed E-state index contributed by atoms with van der Waals surface area (Å²) in [6.07, 6.45) is 1.62. The van der Waals surface area contributed by atoms with Gasteiger partial charge in [-0.2, -0.15) is 0 Å². The molecule has 88 valence electrons. The number of hydrogen-bond donors (Lipinski definition) is 0. The van der Waals surface area contributed by atoms with Gasteiger partial charge in [0.1, 0.15) is 0 Å². The summed E-state index contributed by atoms with van der Waals surface area (Å²) in [5.74, 6) is 0.214. The molecule has 1 aliphatic heterocycles. The number of hydrogen-bond acceptors (Lipinski definition) is 2. The molecule has 6 heteroatoms. The van der Waals surface area contributed by atoms with Gasteiger partial charge >= 0.3 is 0 Å². The molecular weight excluding hydrogens is 314 g/mol. The van der Waals surface area contributed by atoms with Gasteiger partial charge in [-0.25, -0.2) is 8.42 Å². The SMILES string of the molecule is O=S1(=O)CCCCN1c1cccc(Cl)c1Br. The molecule has 0 N–H and O–H groups in total. The van der Waals surface area contributed by atoms with Crippen molar-refractivity contribution < 1.29 is 8.42 Å². The minimum Gasteiger partial charge on any atom is -0.269 e. The lowest BCUT2D eigenvalue weighted by atomic mass is 10.3. The first kappa shape index (κ1) is 12.2. The van der Waals surface area contributed by atoms with Gasteiger partial charge in [-0.15, -0.1) is 0 Å². The van der Waals surface area contributed by atoms with Gasteiger partial charge in [-0.1, -0.05) is 17.7 Å². The van der Waals surface area contributed by atoms with Gasteiger partial charge in [0, 0.05) is 6.54 Å². The quantitative estimate of drug-likeness (QED) is 0.796. The smallest absolute Gasteiger partial charge is 0.235 e. The van der Waals surface area contributed by atoms with E-state index in [2.05, 4.69) is 15.9 Å². The lowest BCUT2D eigenvalue weighted by molar-refractivity contribution is 0.574. The van der Waals surface area contributed by atoms with Crippen molar-refractivity contribution in [2.24, 2.45) is 0 Å². The zero-order chi connectivity index (χ0) is 11.8. The molecule has 0 saturated carbocycles. The lowest BCUT2D eigenvalue weighted by Crippen LogP contribution is -2.38. The second-order valence-electron chi connectivity index (χ2n) is 3.67. The van der Waals surface area contributed by atoms with E-state index in [1.807, 2.05) is 0 Å². The zero-order valence-electron chi connectivity index (χ0n) is 8.49. The summed E-state index contributed by atoms with van der Waals surface area (Å²) in [5, 5.41) is 0.526. The monoisotopic (exact) mass is 323 g/mol. The maximum absolute atomic E-state index is 11.9. The topological polar surface area (TPSA) is 37.4 Å². The molecular formula is C10H11BrClNO2S. The van der Waals surface area contributed by atoms with Gasteiger partial charge in [-0.3, -0.25) is 4.31 Å². The molecule has 16 heavy (non-hydrogen) atoms.